The average Bonchev–Trinajstić information content (AvgIpc) is 3.08. The topological polar surface area (TPSA) is 117 Å². The van der Waals surface area contributed by atoms with Gasteiger partial charge in [0.05, 0.1) is 19.1 Å². The summed E-state index contributed by atoms with van der Waals surface area (Å²) in [5.41, 5.74) is 7.32. The quantitative estimate of drug-likeness (QED) is 0.425. The minimum Gasteiger partial charge on any atom is -0.481 e. The van der Waals surface area contributed by atoms with Crippen molar-refractivity contribution in [2.45, 2.75) is 4.90 Å². The molecule has 0 radical (unpaired) electrons. The van der Waals surface area contributed by atoms with E-state index in [1.54, 1.807) is 12.1 Å². The Morgan fingerprint density at radius 2 is 1.73 bits per heavy atom. The van der Waals surface area contributed by atoms with Gasteiger partial charge in [-0.15, -0.1) is 12.4 Å². The number of benzene rings is 2. The molecule has 0 aliphatic heterocycles. The Bertz CT molecular complexity index is 1450. The highest BCUT2D eigenvalue weighted by molar-refractivity contribution is 7.92. The van der Waals surface area contributed by atoms with Crippen LogP contribution < -0.4 is 19.5 Å². The molecule has 2 aromatic heterocycles. The van der Waals surface area contributed by atoms with E-state index in [9.17, 15) is 13.2 Å². The molecule has 0 spiro atoms. The normalized spacial score (nSPS) is 11.2. The Hall–Kier alpha value is -3.50. The van der Waals surface area contributed by atoms with Gasteiger partial charge in [0, 0.05) is 34.9 Å². The molecular formula is C22H23ClN4O5S. The number of halogens is 1. The summed E-state index contributed by atoms with van der Waals surface area (Å²) in [5.74, 6) is -0.600. The van der Waals surface area contributed by atoms with E-state index in [4.69, 9.17) is 15.2 Å². The van der Waals surface area contributed by atoms with Crippen molar-refractivity contribution in [3.8, 4) is 11.8 Å². The lowest BCUT2D eigenvalue weighted by Crippen LogP contribution is -2.38. The summed E-state index contributed by atoms with van der Waals surface area (Å²) in [5, 5.41) is 1.70. The Morgan fingerprint density at radius 1 is 1.03 bits per heavy atom. The number of hydrogen-bond acceptors (Lipinski definition) is 6. The monoisotopic (exact) mass is 490 g/mol. The number of nitrogens with zero attached hydrogens (tertiary/aromatic N) is 3. The number of anilines is 1. The summed E-state index contributed by atoms with van der Waals surface area (Å²) in [6.07, 6.45) is 0. The number of fused-ring (bicyclic) bond motifs is 3. The van der Waals surface area contributed by atoms with Crippen LogP contribution in [0.5, 0.6) is 11.8 Å². The smallest absolute Gasteiger partial charge is 0.264 e. The second-order valence-corrected chi connectivity index (χ2v) is 8.98. The van der Waals surface area contributed by atoms with Gasteiger partial charge in [0.2, 0.25) is 17.7 Å². The van der Waals surface area contributed by atoms with Gasteiger partial charge in [-0.3, -0.25) is 9.10 Å². The van der Waals surface area contributed by atoms with Crippen LogP contribution in [0.2, 0.25) is 0 Å². The van der Waals surface area contributed by atoms with E-state index in [-0.39, 0.29) is 34.7 Å². The zero-order chi connectivity index (χ0) is 23.0. The maximum Gasteiger partial charge on any atom is 0.264 e. The lowest BCUT2D eigenvalue weighted by atomic mass is 10.1. The first-order valence-corrected chi connectivity index (χ1v) is 11.1. The number of carbonyl (C=O) groups excluding carboxylic acids is 1. The molecular weight excluding hydrogens is 468 g/mol. The Kier molecular flexibility index (Phi) is 6.71. The minimum absolute atomic E-state index is 0. The number of primary amides is 1. The fourth-order valence-electron chi connectivity index (χ4n) is 3.75. The number of hydrogen-bond donors (Lipinski definition) is 1. The van der Waals surface area contributed by atoms with Crippen LogP contribution in [0.25, 0.3) is 21.8 Å². The van der Waals surface area contributed by atoms with Crippen molar-refractivity contribution >= 4 is 55.8 Å². The number of pyridine rings is 1. The SMILES string of the molecule is COc1ccc(N(CC(N)=O)S(=O)(=O)c2ccc3c(c2)c2ccccc2n3C)c(OC)n1.Cl. The van der Waals surface area contributed by atoms with Crippen LogP contribution in [-0.2, 0) is 21.9 Å². The van der Waals surface area contributed by atoms with Crippen molar-refractivity contribution < 1.29 is 22.7 Å². The lowest BCUT2D eigenvalue weighted by Gasteiger charge is -2.24. The minimum atomic E-state index is -4.19. The van der Waals surface area contributed by atoms with Gasteiger partial charge in [0.15, 0.2) is 0 Å². The highest BCUT2D eigenvalue weighted by atomic mass is 35.5. The third-order valence-electron chi connectivity index (χ3n) is 5.26. The van der Waals surface area contributed by atoms with Crippen molar-refractivity contribution in [2.75, 3.05) is 25.1 Å². The van der Waals surface area contributed by atoms with Crippen LogP contribution in [0.4, 0.5) is 5.69 Å². The molecule has 9 nitrogen and oxygen atoms in total. The summed E-state index contributed by atoms with van der Waals surface area (Å²) >= 11 is 0. The number of sulfonamides is 1. The van der Waals surface area contributed by atoms with E-state index in [0.717, 1.165) is 26.1 Å². The molecule has 2 N–H and O–H groups in total. The first-order valence-electron chi connectivity index (χ1n) is 9.65. The van der Waals surface area contributed by atoms with Gasteiger partial charge in [-0.1, -0.05) is 18.2 Å². The summed E-state index contributed by atoms with van der Waals surface area (Å²) in [6, 6.07) is 15.5. The number of nitrogens with two attached hydrogens (primary N) is 1. The van der Waals surface area contributed by atoms with Gasteiger partial charge in [-0.25, -0.2) is 8.42 Å². The van der Waals surface area contributed by atoms with Crippen molar-refractivity contribution in [2.24, 2.45) is 12.8 Å². The fourth-order valence-corrected chi connectivity index (χ4v) is 5.20. The summed E-state index contributed by atoms with van der Waals surface area (Å²) < 4.78 is 40.6. The number of para-hydroxylation sites is 1. The van der Waals surface area contributed by atoms with Crippen LogP contribution in [0, 0.1) is 0 Å². The molecule has 0 aliphatic rings. The van der Waals surface area contributed by atoms with E-state index in [2.05, 4.69) is 4.98 Å². The standard InChI is InChI=1S/C22H22N4O5S.ClH/c1-25-17-7-5-4-6-15(17)16-12-14(8-9-18(16)25)32(28,29)26(13-20(23)27)19-10-11-21(30-2)24-22(19)31-3;/h4-12H,13H2,1-3H3,(H2,23,27);1H. The highest BCUT2D eigenvalue weighted by Gasteiger charge is 2.30. The van der Waals surface area contributed by atoms with Gasteiger partial charge in [0.1, 0.15) is 12.2 Å². The summed E-state index contributed by atoms with van der Waals surface area (Å²) in [4.78, 5) is 15.9. The van der Waals surface area contributed by atoms with Gasteiger partial charge in [0.25, 0.3) is 10.0 Å². The van der Waals surface area contributed by atoms with Gasteiger partial charge < -0.3 is 19.8 Å². The van der Waals surface area contributed by atoms with Crippen molar-refractivity contribution in [3.63, 3.8) is 0 Å². The van der Waals surface area contributed by atoms with Crippen molar-refractivity contribution in [1.29, 1.82) is 0 Å². The molecule has 0 saturated heterocycles. The van der Waals surface area contributed by atoms with Gasteiger partial charge in [-0.05, 0) is 30.3 Å². The molecule has 0 unspecified atom stereocenters. The third-order valence-corrected chi connectivity index (χ3v) is 7.01. The second kappa shape index (κ2) is 9.16. The van der Waals surface area contributed by atoms with E-state index < -0.39 is 22.5 Å². The molecule has 2 heterocycles. The molecule has 0 atom stereocenters. The Morgan fingerprint density at radius 3 is 2.39 bits per heavy atom. The molecule has 2 aromatic carbocycles. The Labute approximate surface area is 197 Å². The molecule has 174 valence electrons. The second-order valence-electron chi connectivity index (χ2n) is 7.12. The fraction of sp³-hybridized carbons (Fsp3) is 0.182. The predicted octanol–water partition coefficient (Wildman–Crippen LogP) is 2.85. The molecule has 0 fully saturated rings. The number of rotatable bonds is 7. The summed E-state index contributed by atoms with van der Waals surface area (Å²) in [7, 11) is 0.512. The maximum absolute atomic E-state index is 13.7. The first-order chi connectivity index (χ1) is 15.3. The largest absolute Gasteiger partial charge is 0.481 e. The first kappa shape index (κ1) is 24.1. The molecule has 4 aromatic rings. The molecule has 0 aliphatic carbocycles. The van der Waals surface area contributed by atoms with E-state index in [0.29, 0.717) is 0 Å². The van der Waals surface area contributed by atoms with Crippen LogP contribution >= 0.6 is 12.4 Å². The zero-order valence-corrected chi connectivity index (χ0v) is 19.8. The number of aromatic nitrogens is 2. The average molecular weight is 491 g/mol. The highest BCUT2D eigenvalue weighted by Crippen LogP contribution is 2.35. The van der Waals surface area contributed by atoms with Crippen LogP contribution in [0.15, 0.2) is 59.5 Å². The molecule has 0 saturated carbocycles. The Balaban J connectivity index is 0.00000306. The third kappa shape index (κ3) is 4.14. The summed E-state index contributed by atoms with van der Waals surface area (Å²) in [6.45, 7) is -0.583. The van der Waals surface area contributed by atoms with Crippen LogP contribution in [0.3, 0.4) is 0 Å². The van der Waals surface area contributed by atoms with E-state index >= 15 is 0 Å². The zero-order valence-electron chi connectivity index (χ0n) is 18.2. The van der Waals surface area contributed by atoms with Gasteiger partial charge in [-0.2, -0.15) is 4.98 Å². The number of carbonyl (C=O) groups is 1. The number of methoxy groups -OCH3 is 2. The van der Waals surface area contributed by atoms with Crippen LogP contribution in [-0.4, -0.2) is 44.6 Å². The van der Waals surface area contributed by atoms with E-state index in [1.807, 2.05) is 35.9 Å². The number of amides is 1. The lowest BCUT2D eigenvalue weighted by molar-refractivity contribution is -0.116. The predicted molar refractivity (Wildman–Crippen MR) is 129 cm³/mol. The molecule has 0 bridgehead atoms. The van der Waals surface area contributed by atoms with Crippen molar-refractivity contribution in [3.05, 3.63) is 54.6 Å². The van der Waals surface area contributed by atoms with Gasteiger partial charge >= 0.3 is 0 Å². The maximum atomic E-state index is 13.7. The number of aryl methyl sites for hydroxylation is 1. The van der Waals surface area contributed by atoms with Crippen LogP contribution in [0.1, 0.15) is 0 Å². The van der Waals surface area contributed by atoms with Crippen molar-refractivity contribution in [1.82, 2.24) is 9.55 Å². The molecule has 1 amide bonds. The number of ether oxygens (including phenoxy) is 2. The molecule has 33 heavy (non-hydrogen) atoms. The molecule has 11 heteroatoms. The molecule has 4 rings (SSSR count). The van der Waals surface area contributed by atoms with E-state index in [1.165, 1.54) is 32.4 Å².